The Kier molecular flexibility index (Phi) is 7.05. The van der Waals surface area contributed by atoms with Gasteiger partial charge in [-0.1, -0.05) is 18.2 Å². The van der Waals surface area contributed by atoms with Gasteiger partial charge in [-0.3, -0.25) is 14.4 Å². The van der Waals surface area contributed by atoms with Crippen LogP contribution in [0.2, 0.25) is 0 Å². The standard InChI is InChI=1S/C21H30N2O5/c1-15(24)23(14-19(25)26)16-8-7-12-22(13-11-16)20(27)21(2,3)17-9-5-6-10-18(17)28-4/h5-6,9-10,16H,7-8,11-14H2,1-4H3,(H,25,26). The molecule has 0 bridgehead atoms. The Morgan fingerprint density at radius 2 is 1.89 bits per heavy atom. The largest absolute Gasteiger partial charge is 0.496 e. The summed E-state index contributed by atoms with van der Waals surface area (Å²) in [4.78, 5) is 39.5. The summed E-state index contributed by atoms with van der Waals surface area (Å²) in [5, 5.41) is 9.09. The third kappa shape index (κ3) is 4.82. The lowest BCUT2D eigenvalue weighted by Gasteiger charge is -2.33. The first kappa shape index (κ1) is 21.7. The summed E-state index contributed by atoms with van der Waals surface area (Å²) in [5.74, 6) is -0.589. The number of carbonyl (C=O) groups is 3. The second kappa shape index (κ2) is 9.08. The van der Waals surface area contributed by atoms with E-state index in [1.807, 2.05) is 43.0 Å². The molecule has 7 nitrogen and oxygen atoms in total. The third-order valence-corrected chi connectivity index (χ3v) is 5.45. The Balaban J connectivity index is 2.15. The molecule has 2 rings (SSSR count). The summed E-state index contributed by atoms with van der Waals surface area (Å²) in [6.07, 6.45) is 1.98. The van der Waals surface area contributed by atoms with E-state index in [0.717, 1.165) is 12.0 Å². The summed E-state index contributed by atoms with van der Waals surface area (Å²) >= 11 is 0. The lowest BCUT2D eigenvalue weighted by Crippen LogP contribution is -2.45. The van der Waals surface area contributed by atoms with Crippen LogP contribution in [0.25, 0.3) is 0 Å². The van der Waals surface area contributed by atoms with Gasteiger partial charge in [-0.25, -0.2) is 0 Å². The fourth-order valence-electron chi connectivity index (χ4n) is 3.91. The van der Waals surface area contributed by atoms with E-state index in [-0.39, 0.29) is 24.4 Å². The first-order chi connectivity index (χ1) is 13.2. The van der Waals surface area contributed by atoms with E-state index in [0.29, 0.717) is 31.7 Å². The van der Waals surface area contributed by atoms with Crippen molar-refractivity contribution < 1.29 is 24.2 Å². The number of nitrogens with zero attached hydrogens (tertiary/aromatic N) is 2. The van der Waals surface area contributed by atoms with Crippen LogP contribution in [0.1, 0.15) is 45.6 Å². The SMILES string of the molecule is COc1ccccc1C(C)(C)C(=O)N1CCCC(N(CC(=O)O)C(C)=O)CC1. The van der Waals surface area contributed by atoms with Gasteiger partial charge < -0.3 is 19.6 Å². The van der Waals surface area contributed by atoms with E-state index >= 15 is 0 Å². The first-order valence-electron chi connectivity index (χ1n) is 9.60. The van der Waals surface area contributed by atoms with Gasteiger partial charge in [-0.05, 0) is 39.2 Å². The number of likely N-dealkylation sites (tertiary alicyclic amines) is 1. The van der Waals surface area contributed by atoms with Crippen molar-refractivity contribution in [3.63, 3.8) is 0 Å². The molecule has 1 aliphatic rings. The van der Waals surface area contributed by atoms with E-state index in [4.69, 9.17) is 9.84 Å². The zero-order valence-corrected chi connectivity index (χ0v) is 17.1. The molecule has 1 fully saturated rings. The molecule has 154 valence electrons. The average molecular weight is 390 g/mol. The van der Waals surface area contributed by atoms with E-state index in [1.165, 1.54) is 11.8 Å². The minimum absolute atomic E-state index is 0.00487. The number of amides is 2. The van der Waals surface area contributed by atoms with Crippen molar-refractivity contribution in [2.24, 2.45) is 0 Å². The van der Waals surface area contributed by atoms with Gasteiger partial charge in [0.15, 0.2) is 0 Å². The Labute approximate surface area is 166 Å². The van der Waals surface area contributed by atoms with E-state index in [1.54, 1.807) is 7.11 Å². The first-order valence-corrected chi connectivity index (χ1v) is 9.60. The van der Waals surface area contributed by atoms with Gasteiger partial charge >= 0.3 is 5.97 Å². The lowest BCUT2D eigenvalue weighted by atomic mass is 9.82. The number of benzene rings is 1. The normalized spacial score (nSPS) is 17.6. The molecule has 7 heteroatoms. The van der Waals surface area contributed by atoms with Gasteiger partial charge in [0.25, 0.3) is 0 Å². The number of para-hydroxylation sites is 1. The maximum absolute atomic E-state index is 13.3. The Hall–Kier alpha value is -2.57. The molecule has 1 atom stereocenters. The number of methoxy groups -OCH3 is 1. The van der Waals surface area contributed by atoms with Crippen LogP contribution in [-0.2, 0) is 19.8 Å². The molecule has 1 N–H and O–H groups in total. The minimum Gasteiger partial charge on any atom is -0.496 e. The number of carboxylic acids is 1. The molecule has 28 heavy (non-hydrogen) atoms. The summed E-state index contributed by atoms with van der Waals surface area (Å²) in [6, 6.07) is 7.35. The average Bonchev–Trinajstić information content (AvgIpc) is 2.91. The van der Waals surface area contributed by atoms with E-state index in [9.17, 15) is 14.4 Å². The Bertz CT molecular complexity index is 731. The molecule has 0 spiro atoms. The number of carbonyl (C=O) groups excluding carboxylic acids is 2. The van der Waals surface area contributed by atoms with E-state index < -0.39 is 11.4 Å². The predicted octanol–water partition coefficient (Wildman–Crippen LogP) is 2.29. The second-order valence-electron chi connectivity index (χ2n) is 7.74. The Morgan fingerprint density at radius 1 is 1.21 bits per heavy atom. The maximum atomic E-state index is 13.3. The summed E-state index contributed by atoms with van der Waals surface area (Å²) in [5.41, 5.74) is 0.0767. The molecule has 1 saturated heterocycles. The quantitative estimate of drug-likeness (QED) is 0.805. The molecule has 1 aliphatic heterocycles. The van der Waals surface area contributed by atoms with Crippen LogP contribution >= 0.6 is 0 Å². The zero-order valence-electron chi connectivity index (χ0n) is 17.1. The van der Waals surface area contributed by atoms with Crippen LogP contribution in [0.5, 0.6) is 5.75 Å². The highest BCUT2D eigenvalue weighted by Gasteiger charge is 2.37. The molecule has 1 heterocycles. The van der Waals surface area contributed by atoms with Crippen molar-refractivity contribution in [2.45, 2.75) is 51.5 Å². The van der Waals surface area contributed by atoms with Crippen molar-refractivity contribution in [3.8, 4) is 5.75 Å². The monoisotopic (exact) mass is 390 g/mol. The summed E-state index contributed by atoms with van der Waals surface area (Å²) < 4.78 is 5.44. The fourth-order valence-corrected chi connectivity index (χ4v) is 3.91. The molecule has 2 amide bonds. The van der Waals surface area contributed by atoms with Gasteiger partial charge in [0.05, 0.1) is 12.5 Å². The number of aliphatic carboxylic acids is 1. The molecule has 0 aliphatic carbocycles. The summed E-state index contributed by atoms with van der Waals surface area (Å²) in [6.45, 7) is 5.95. The van der Waals surface area contributed by atoms with Crippen molar-refractivity contribution in [1.82, 2.24) is 9.80 Å². The molecule has 0 saturated carbocycles. The highest BCUT2D eigenvalue weighted by atomic mass is 16.5. The van der Waals surface area contributed by atoms with Gasteiger partial charge in [0.1, 0.15) is 12.3 Å². The van der Waals surface area contributed by atoms with E-state index in [2.05, 4.69) is 0 Å². The zero-order chi connectivity index (χ0) is 20.9. The predicted molar refractivity (Wildman–Crippen MR) is 105 cm³/mol. The van der Waals surface area contributed by atoms with Gasteiger partial charge in [0, 0.05) is 31.6 Å². The fraction of sp³-hybridized carbons (Fsp3) is 0.571. The number of hydrogen-bond donors (Lipinski definition) is 1. The van der Waals surface area contributed by atoms with Crippen molar-refractivity contribution in [1.29, 1.82) is 0 Å². The summed E-state index contributed by atoms with van der Waals surface area (Å²) in [7, 11) is 1.59. The highest BCUT2D eigenvalue weighted by Crippen LogP contribution is 2.33. The van der Waals surface area contributed by atoms with Crippen LogP contribution < -0.4 is 4.74 Å². The lowest BCUT2D eigenvalue weighted by molar-refractivity contribution is -0.145. The smallest absolute Gasteiger partial charge is 0.323 e. The van der Waals surface area contributed by atoms with Crippen LogP contribution in [0.4, 0.5) is 0 Å². The topological polar surface area (TPSA) is 87.2 Å². The number of ether oxygens (including phenoxy) is 1. The second-order valence-corrected chi connectivity index (χ2v) is 7.74. The van der Waals surface area contributed by atoms with Crippen LogP contribution in [0, 0.1) is 0 Å². The molecule has 1 aromatic carbocycles. The van der Waals surface area contributed by atoms with Crippen molar-refractivity contribution in [3.05, 3.63) is 29.8 Å². The van der Waals surface area contributed by atoms with Crippen LogP contribution in [0.3, 0.4) is 0 Å². The molecule has 1 unspecified atom stereocenters. The maximum Gasteiger partial charge on any atom is 0.323 e. The number of hydrogen-bond acceptors (Lipinski definition) is 4. The molecule has 0 aromatic heterocycles. The molecular weight excluding hydrogens is 360 g/mol. The van der Waals surface area contributed by atoms with Crippen molar-refractivity contribution >= 4 is 17.8 Å². The molecule has 1 aromatic rings. The number of carboxylic acid groups (broad SMARTS) is 1. The van der Waals surface area contributed by atoms with Crippen LogP contribution in [-0.4, -0.2) is 65.5 Å². The van der Waals surface area contributed by atoms with Gasteiger partial charge in [0.2, 0.25) is 11.8 Å². The molecular formula is C21H30N2O5. The van der Waals surface area contributed by atoms with Gasteiger partial charge in [-0.2, -0.15) is 0 Å². The minimum atomic E-state index is -1.02. The van der Waals surface area contributed by atoms with Crippen LogP contribution in [0.15, 0.2) is 24.3 Å². The van der Waals surface area contributed by atoms with Gasteiger partial charge in [-0.15, -0.1) is 0 Å². The highest BCUT2D eigenvalue weighted by molar-refractivity contribution is 5.88. The third-order valence-electron chi connectivity index (χ3n) is 5.45. The molecule has 0 radical (unpaired) electrons. The van der Waals surface area contributed by atoms with Crippen molar-refractivity contribution in [2.75, 3.05) is 26.7 Å². The Morgan fingerprint density at radius 3 is 2.50 bits per heavy atom. The number of rotatable bonds is 6.